The molecule has 0 aromatic heterocycles. The Hall–Kier alpha value is -4.25. The van der Waals surface area contributed by atoms with Crippen molar-refractivity contribution in [2.75, 3.05) is 25.2 Å². The Kier molecular flexibility index (Phi) is 43.7. The van der Waals surface area contributed by atoms with Crippen LogP contribution in [0.1, 0.15) is 45.4 Å². The molecule has 7 atom stereocenters. The van der Waals surface area contributed by atoms with E-state index in [1.807, 2.05) is 6.26 Å². The molecule has 308 valence electrons. The summed E-state index contributed by atoms with van der Waals surface area (Å²) in [5.74, 6) is -8.11. The fraction of sp³-hybridized carbons (Fsp3) is 0.692. The van der Waals surface area contributed by atoms with E-state index >= 15 is 0 Å². The van der Waals surface area contributed by atoms with E-state index in [0.29, 0.717) is 25.8 Å². The van der Waals surface area contributed by atoms with E-state index < -0.39 is 103 Å². The van der Waals surface area contributed by atoms with Gasteiger partial charge < -0.3 is 91.2 Å². The number of carbonyl (C=O) groups is 8. The van der Waals surface area contributed by atoms with Crippen molar-refractivity contribution in [3.05, 3.63) is 0 Å². The minimum Gasteiger partial charge on any atom is -0.481 e. The highest BCUT2D eigenvalue weighted by molar-refractivity contribution is 7.98. The maximum atomic E-state index is 10.1. The number of carboxylic acid groups (broad SMARTS) is 8. The third kappa shape index (κ3) is 50.1. The van der Waals surface area contributed by atoms with Crippen molar-refractivity contribution in [3.63, 3.8) is 0 Å². The summed E-state index contributed by atoms with van der Waals surface area (Å²) in [5.41, 5.74) is 35.0. The Balaban J connectivity index is -0.000000122. The normalized spacial score (nSPS) is 13.6. The van der Waals surface area contributed by atoms with Gasteiger partial charge in [-0.3, -0.25) is 38.4 Å². The van der Waals surface area contributed by atoms with Crippen molar-refractivity contribution in [1.29, 1.82) is 0 Å². The van der Waals surface area contributed by atoms with Crippen LogP contribution in [-0.2, 0) is 38.4 Å². The number of hydrogen-bond acceptors (Lipinski definition) is 18. The number of nitrogens with two attached hydrogens (primary N) is 7. The third-order valence-electron chi connectivity index (χ3n) is 5.00. The molecule has 52 heavy (non-hydrogen) atoms. The van der Waals surface area contributed by atoms with Gasteiger partial charge in [0.2, 0.25) is 0 Å². The minimum atomic E-state index is -1.29. The van der Waals surface area contributed by atoms with E-state index in [1.54, 1.807) is 11.8 Å². The lowest BCUT2D eigenvalue weighted by Gasteiger charge is -2.06. The number of aliphatic hydroxyl groups is 2. The summed E-state index contributed by atoms with van der Waals surface area (Å²) in [6, 6.07) is -6.06. The Morgan fingerprint density at radius 1 is 0.558 bits per heavy atom. The van der Waals surface area contributed by atoms with Crippen LogP contribution in [0, 0.1) is 0 Å². The summed E-state index contributed by atoms with van der Waals surface area (Å²) in [5, 5.41) is 81.3. The Bertz CT molecular complexity index is 1020. The first-order valence-electron chi connectivity index (χ1n) is 14.5. The van der Waals surface area contributed by atoms with Crippen LogP contribution in [0.4, 0.5) is 0 Å². The molecule has 0 fully saturated rings. The van der Waals surface area contributed by atoms with Crippen LogP contribution in [0.25, 0.3) is 0 Å². The maximum absolute atomic E-state index is 10.1. The lowest BCUT2D eigenvalue weighted by molar-refractivity contribution is -0.144. The third-order valence-corrected chi connectivity index (χ3v) is 5.65. The summed E-state index contributed by atoms with van der Waals surface area (Å²) < 4.78 is 0. The molecule has 24 N–H and O–H groups in total. The van der Waals surface area contributed by atoms with Gasteiger partial charge in [0.25, 0.3) is 0 Å². The van der Waals surface area contributed by atoms with Crippen LogP contribution in [0.2, 0.25) is 0 Å². The number of aliphatic hydroxyl groups excluding tert-OH is 2. The van der Waals surface area contributed by atoms with Gasteiger partial charge in [-0.15, -0.1) is 0 Å². The summed E-state index contributed by atoms with van der Waals surface area (Å²) in [6.07, 6.45) is 1.88. The van der Waals surface area contributed by atoms with E-state index in [2.05, 4.69) is 0 Å². The lowest BCUT2D eigenvalue weighted by Crippen LogP contribution is -2.39. The second kappa shape index (κ2) is 38.0. The molecule has 0 spiro atoms. The van der Waals surface area contributed by atoms with E-state index in [1.165, 1.54) is 6.92 Å². The zero-order valence-corrected chi connectivity index (χ0v) is 29.4. The topological polar surface area (TPSA) is 521 Å². The molecule has 26 heteroatoms. The fourth-order valence-corrected chi connectivity index (χ4v) is 2.28. The highest BCUT2D eigenvalue weighted by Gasteiger charge is 2.16. The van der Waals surface area contributed by atoms with Crippen molar-refractivity contribution in [2.45, 2.75) is 87.8 Å². The van der Waals surface area contributed by atoms with Gasteiger partial charge in [0.05, 0.1) is 19.1 Å². The highest BCUT2D eigenvalue weighted by atomic mass is 32.2. The van der Waals surface area contributed by atoms with Gasteiger partial charge in [-0.05, 0) is 51.2 Å². The van der Waals surface area contributed by atoms with Crippen molar-refractivity contribution >= 4 is 59.5 Å². The average molecular weight is 786 g/mol. The second-order valence-electron chi connectivity index (χ2n) is 9.75. The molecule has 0 heterocycles. The first-order valence-corrected chi connectivity index (χ1v) is 15.9. The van der Waals surface area contributed by atoms with Gasteiger partial charge >= 0.3 is 47.8 Å². The predicted octanol–water partition coefficient (Wildman–Crippen LogP) is -5.41. The SMILES string of the molecule is CC(O)C(N)C(=O)O.CSCCC(N)C(=O)O.NC(CC(=O)O)C(=O)O.NC(CCC(=O)O)C(=O)O.NC(CO)C(=O)O.NCCCC(N)C(=O)O. The Morgan fingerprint density at radius 3 is 1.12 bits per heavy atom. The monoisotopic (exact) mass is 785 g/mol. The molecule has 0 amide bonds. The van der Waals surface area contributed by atoms with Gasteiger partial charge in [-0.1, -0.05) is 0 Å². The Morgan fingerprint density at radius 2 is 0.923 bits per heavy atom. The van der Waals surface area contributed by atoms with Crippen molar-refractivity contribution in [2.24, 2.45) is 40.1 Å². The lowest BCUT2D eigenvalue weighted by atomic mass is 10.2. The zero-order chi connectivity index (χ0) is 42.7. The summed E-state index contributed by atoms with van der Waals surface area (Å²) in [7, 11) is 0. The van der Waals surface area contributed by atoms with E-state index in [-0.39, 0.29) is 12.8 Å². The fourth-order valence-electron chi connectivity index (χ4n) is 1.79. The molecule has 0 aromatic rings. The quantitative estimate of drug-likeness (QED) is 0.0581. The standard InChI is InChI=1S/C5H12N2O2.C5H9NO4.C5H11NO2S.C4H7NO4.C4H9NO3.C3H7NO3/c6-3-1-2-4(7)5(8)9;6-3(5(9)10)1-2-4(7)8;1-9-3-2-4(6)5(7)8;5-2(4(8)9)1-3(6)7;1-2(6)3(5)4(7)8;4-2(1-5)3(6)7/h4H,1-3,6-7H2,(H,8,9);3H,1-2,6H2,(H,7,8)(H,9,10);4H,2-3,6H2,1H3,(H,7,8);2H,1,5H2,(H,6,7)(H,8,9);2-3,6H,5H2,1H3,(H,7,8);2,5H,1,4H2,(H,6,7). The molecule has 0 rings (SSSR count). The first kappa shape index (κ1) is 59.9. The van der Waals surface area contributed by atoms with Crippen LogP contribution in [0.3, 0.4) is 0 Å². The number of hydrogen-bond donors (Lipinski definition) is 17. The van der Waals surface area contributed by atoms with Gasteiger partial charge in [-0.25, -0.2) is 0 Å². The average Bonchev–Trinajstić information content (AvgIpc) is 3.04. The van der Waals surface area contributed by atoms with Gasteiger partial charge in [0.15, 0.2) is 0 Å². The van der Waals surface area contributed by atoms with Gasteiger partial charge in [0, 0.05) is 6.42 Å². The molecular weight excluding hydrogens is 730 g/mol. The second-order valence-corrected chi connectivity index (χ2v) is 10.7. The van der Waals surface area contributed by atoms with Crippen molar-refractivity contribution in [3.8, 4) is 0 Å². The molecule has 0 saturated carbocycles. The summed E-state index contributed by atoms with van der Waals surface area (Å²) in [6.45, 7) is 1.33. The zero-order valence-electron chi connectivity index (χ0n) is 28.6. The molecule has 0 bridgehead atoms. The maximum Gasteiger partial charge on any atom is 0.323 e. The van der Waals surface area contributed by atoms with Gasteiger partial charge in [0.1, 0.15) is 36.3 Å². The minimum absolute atomic E-state index is 0.0231. The van der Waals surface area contributed by atoms with Crippen molar-refractivity contribution < 1.29 is 89.4 Å². The summed E-state index contributed by atoms with van der Waals surface area (Å²) >= 11 is 1.60. The van der Waals surface area contributed by atoms with Crippen LogP contribution in [-0.4, -0.2) is 166 Å². The smallest absolute Gasteiger partial charge is 0.323 e. The van der Waals surface area contributed by atoms with Crippen molar-refractivity contribution in [1.82, 2.24) is 0 Å². The molecule has 7 unspecified atom stereocenters. The molecule has 25 nitrogen and oxygen atoms in total. The van der Waals surface area contributed by atoms with Gasteiger partial charge in [-0.2, -0.15) is 11.8 Å². The van der Waals surface area contributed by atoms with Crippen LogP contribution < -0.4 is 40.1 Å². The molecule has 0 aliphatic carbocycles. The largest absolute Gasteiger partial charge is 0.481 e. The van der Waals surface area contributed by atoms with E-state index in [9.17, 15) is 38.4 Å². The van der Waals surface area contributed by atoms with E-state index in [4.69, 9.17) is 91.2 Å². The number of thioether (sulfide) groups is 1. The highest BCUT2D eigenvalue weighted by Crippen LogP contribution is 1.98. The Labute approximate surface area is 302 Å². The molecular formula is C26H55N7O18S. The number of carboxylic acids is 8. The molecule has 0 aliphatic heterocycles. The van der Waals surface area contributed by atoms with E-state index in [0.717, 1.165) is 5.75 Å². The predicted molar refractivity (Wildman–Crippen MR) is 183 cm³/mol. The number of aliphatic carboxylic acids is 8. The molecule has 0 radical (unpaired) electrons. The van der Waals surface area contributed by atoms with Crippen LogP contribution in [0.5, 0.6) is 0 Å². The molecule has 0 aliphatic rings. The molecule has 0 saturated heterocycles. The van der Waals surface area contributed by atoms with Crippen LogP contribution >= 0.6 is 11.8 Å². The van der Waals surface area contributed by atoms with Crippen LogP contribution in [0.15, 0.2) is 0 Å². The summed E-state index contributed by atoms with van der Waals surface area (Å²) in [4.78, 5) is 79.1. The number of rotatable bonds is 19. The first-order chi connectivity index (χ1) is 23.7. The molecule has 0 aromatic carbocycles.